The number of benzene rings is 1. The number of carbonyl (C=O) groups is 1. The Bertz CT molecular complexity index is 362. The first-order valence-corrected chi connectivity index (χ1v) is 5.74. The van der Waals surface area contributed by atoms with Crippen LogP contribution in [-0.4, -0.2) is 17.3 Å². The van der Waals surface area contributed by atoms with Gasteiger partial charge in [-0.25, -0.2) is 0 Å². The molecule has 13 heavy (non-hydrogen) atoms. The lowest BCUT2D eigenvalue weighted by molar-refractivity contribution is 0.100. The first-order valence-electron chi connectivity index (χ1n) is 4.08. The maximum absolute atomic E-state index is 11.7. The van der Waals surface area contributed by atoms with Crippen molar-refractivity contribution in [3.8, 4) is 0 Å². The normalized spacial score (nSPS) is 20.5. The smallest absolute Gasteiger partial charge is 0.176 e. The van der Waals surface area contributed by atoms with Crippen molar-refractivity contribution in [2.24, 2.45) is 0 Å². The molecule has 1 aromatic carbocycles. The quantitative estimate of drug-likeness (QED) is 0.712. The van der Waals surface area contributed by atoms with Crippen LogP contribution in [0.2, 0.25) is 5.02 Å². The summed E-state index contributed by atoms with van der Waals surface area (Å²) in [6.45, 7) is 0. The molecular formula is C10H9ClOS. The fourth-order valence-corrected chi connectivity index (χ4v) is 2.51. The van der Waals surface area contributed by atoms with Crippen LogP contribution in [0.5, 0.6) is 0 Å². The van der Waals surface area contributed by atoms with Gasteiger partial charge in [0.05, 0.1) is 5.25 Å². The van der Waals surface area contributed by atoms with Crippen molar-refractivity contribution in [2.45, 2.75) is 11.7 Å². The molecule has 3 heteroatoms. The first kappa shape index (κ1) is 9.10. The topological polar surface area (TPSA) is 17.1 Å². The molecule has 0 aliphatic heterocycles. The second-order valence-corrected chi connectivity index (χ2v) is 4.57. The Labute approximate surface area is 86.5 Å². The van der Waals surface area contributed by atoms with Gasteiger partial charge in [0.15, 0.2) is 5.78 Å². The van der Waals surface area contributed by atoms with E-state index in [2.05, 4.69) is 0 Å². The first-order chi connectivity index (χ1) is 6.22. The molecule has 1 atom stereocenters. The predicted molar refractivity (Wildman–Crippen MR) is 56.8 cm³/mol. The van der Waals surface area contributed by atoms with Gasteiger partial charge >= 0.3 is 0 Å². The maximum Gasteiger partial charge on any atom is 0.176 e. The van der Waals surface area contributed by atoms with E-state index in [1.165, 1.54) is 0 Å². The zero-order chi connectivity index (χ0) is 9.42. The van der Waals surface area contributed by atoms with Crippen molar-refractivity contribution in [2.75, 3.05) is 6.26 Å². The molecule has 0 N–H and O–H groups in total. The molecule has 2 rings (SSSR count). The standard InChI is InChI=1S/C10H9ClOS/c1-13-9-5-6-4-7(11)2-3-8(6)10(9)12/h2-4,9H,5H2,1H3. The summed E-state index contributed by atoms with van der Waals surface area (Å²) >= 11 is 7.45. The molecule has 0 saturated heterocycles. The van der Waals surface area contributed by atoms with Crippen LogP contribution < -0.4 is 0 Å². The highest BCUT2D eigenvalue weighted by molar-refractivity contribution is 8.00. The molecule has 68 valence electrons. The van der Waals surface area contributed by atoms with Crippen molar-refractivity contribution in [3.63, 3.8) is 0 Å². The van der Waals surface area contributed by atoms with Gasteiger partial charge in [0.1, 0.15) is 0 Å². The number of rotatable bonds is 1. The summed E-state index contributed by atoms with van der Waals surface area (Å²) in [5, 5.41) is 0.821. The average Bonchev–Trinajstić information content (AvgIpc) is 2.42. The lowest BCUT2D eigenvalue weighted by atomic mass is 10.1. The monoisotopic (exact) mass is 212 g/mol. The number of carbonyl (C=O) groups excluding carboxylic acids is 1. The largest absolute Gasteiger partial charge is 0.293 e. The molecule has 1 aliphatic rings. The maximum atomic E-state index is 11.7. The number of Topliss-reactive ketones (excluding diaryl/α,β-unsaturated/α-hetero) is 1. The fourth-order valence-electron chi connectivity index (χ4n) is 1.63. The summed E-state index contributed by atoms with van der Waals surface area (Å²) in [5.41, 5.74) is 1.95. The van der Waals surface area contributed by atoms with Crippen LogP contribution in [0, 0.1) is 0 Å². The van der Waals surface area contributed by atoms with E-state index in [4.69, 9.17) is 11.6 Å². The van der Waals surface area contributed by atoms with Crippen LogP contribution >= 0.6 is 23.4 Å². The zero-order valence-electron chi connectivity index (χ0n) is 7.21. The summed E-state index contributed by atoms with van der Waals surface area (Å²) in [6.07, 6.45) is 2.80. The third-order valence-electron chi connectivity index (χ3n) is 2.32. The van der Waals surface area contributed by atoms with Crippen molar-refractivity contribution in [3.05, 3.63) is 34.3 Å². The Morgan fingerprint density at radius 3 is 3.00 bits per heavy atom. The lowest BCUT2D eigenvalue weighted by Gasteiger charge is -1.99. The van der Waals surface area contributed by atoms with E-state index in [-0.39, 0.29) is 11.0 Å². The lowest BCUT2D eigenvalue weighted by Crippen LogP contribution is -2.09. The summed E-state index contributed by atoms with van der Waals surface area (Å²) < 4.78 is 0. The second kappa shape index (κ2) is 3.35. The molecule has 0 saturated carbocycles. The van der Waals surface area contributed by atoms with Crippen molar-refractivity contribution >= 4 is 29.1 Å². The summed E-state index contributed by atoms with van der Waals surface area (Å²) in [7, 11) is 0. The van der Waals surface area contributed by atoms with Gasteiger partial charge in [-0.3, -0.25) is 4.79 Å². The highest BCUT2D eigenvalue weighted by atomic mass is 35.5. The van der Waals surface area contributed by atoms with E-state index in [1.807, 2.05) is 18.4 Å². The van der Waals surface area contributed by atoms with Crippen molar-refractivity contribution in [1.82, 2.24) is 0 Å². The van der Waals surface area contributed by atoms with Gasteiger partial charge in [0.25, 0.3) is 0 Å². The predicted octanol–water partition coefficient (Wildman–Crippen LogP) is 2.81. The number of ketones is 1. The fraction of sp³-hybridized carbons (Fsp3) is 0.300. The molecule has 0 spiro atoms. The number of thioether (sulfide) groups is 1. The van der Waals surface area contributed by atoms with E-state index in [0.29, 0.717) is 5.02 Å². The SMILES string of the molecule is CSC1Cc2cc(Cl)ccc2C1=O. The van der Waals surface area contributed by atoms with E-state index in [1.54, 1.807) is 17.8 Å². The number of hydrogen-bond acceptors (Lipinski definition) is 2. The van der Waals surface area contributed by atoms with Crippen LogP contribution in [0.4, 0.5) is 0 Å². The third-order valence-corrected chi connectivity index (χ3v) is 3.50. The highest BCUT2D eigenvalue weighted by Gasteiger charge is 2.29. The third kappa shape index (κ3) is 1.49. The van der Waals surface area contributed by atoms with E-state index >= 15 is 0 Å². The Morgan fingerprint density at radius 2 is 2.31 bits per heavy atom. The highest BCUT2D eigenvalue weighted by Crippen LogP contribution is 2.30. The average molecular weight is 213 g/mol. The van der Waals surface area contributed by atoms with Gasteiger partial charge in [-0.2, -0.15) is 11.8 Å². The molecule has 0 heterocycles. The molecule has 0 fully saturated rings. The number of hydrogen-bond donors (Lipinski definition) is 0. The van der Waals surface area contributed by atoms with Crippen LogP contribution in [0.15, 0.2) is 18.2 Å². The van der Waals surface area contributed by atoms with Gasteiger partial charge in [-0.05, 0) is 36.4 Å². The minimum Gasteiger partial charge on any atom is -0.293 e. The molecule has 1 unspecified atom stereocenters. The van der Waals surface area contributed by atoms with Gasteiger partial charge in [-0.1, -0.05) is 11.6 Å². The number of fused-ring (bicyclic) bond motifs is 1. The molecule has 0 aromatic heterocycles. The molecule has 0 radical (unpaired) electrons. The molecule has 0 bridgehead atoms. The minimum atomic E-state index is 0.105. The van der Waals surface area contributed by atoms with Gasteiger partial charge in [-0.15, -0.1) is 0 Å². The zero-order valence-corrected chi connectivity index (χ0v) is 8.78. The van der Waals surface area contributed by atoms with Crippen LogP contribution in [-0.2, 0) is 6.42 Å². The molecular weight excluding hydrogens is 204 g/mol. The Morgan fingerprint density at radius 1 is 1.54 bits per heavy atom. The second-order valence-electron chi connectivity index (χ2n) is 3.09. The van der Waals surface area contributed by atoms with Crippen LogP contribution in [0.1, 0.15) is 15.9 Å². The Hall–Kier alpha value is -0.470. The van der Waals surface area contributed by atoms with Crippen molar-refractivity contribution < 1.29 is 4.79 Å². The van der Waals surface area contributed by atoms with Crippen molar-refractivity contribution in [1.29, 1.82) is 0 Å². The van der Waals surface area contributed by atoms with Gasteiger partial charge in [0.2, 0.25) is 0 Å². The molecule has 1 aliphatic carbocycles. The van der Waals surface area contributed by atoms with E-state index < -0.39 is 0 Å². The Kier molecular flexibility index (Phi) is 2.35. The van der Waals surface area contributed by atoms with Crippen LogP contribution in [0.3, 0.4) is 0 Å². The summed E-state index contributed by atoms with van der Waals surface area (Å²) in [5.74, 6) is 0.249. The van der Waals surface area contributed by atoms with E-state index in [9.17, 15) is 4.79 Å². The van der Waals surface area contributed by atoms with Gasteiger partial charge in [0, 0.05) is 10.6 Å². The Balaban J connectivity index is 2.44. The summed E-state index contributed by atoms with van der Waals surface area (Å²) in [4.78, 5) is 11.7. The van der Waals surface area contributed by atoms with Gasteiger partial charge < -0.3 is 0 Å². The summed E-state index contributed by atoms with van der Waals surface area (Å²) in [6, 6.07) is 5.50. The number of halogens is 1. The molecule has 1 aromatic rings. The molecule has 0 amide bonds. The molecule has 1 nitrogen and oxygen atoms in total. The van der Waals surface area contributed by atoms with Crippen LogP contribution in [0.25, 0.3) is 0 Å². The minimum absolute atomic E-state index is 0.105. The van der Waals surface area contributed by atoms with E-state index in [0.717, 1.165) is 17.5 Å².